The van der Waals surface area contributed by atoms with Gasteiger partial charge >= 0.3 is 0 Å². The second kappa shape index (κ2) is 6.95. The molecule has 1 rings (SSSR count). The Morgan fingerprint density at radius 3 is 2.60 bits per heavy atom. The van der Waals surface area contributed by atoms with Gasteiger partial charge in [0, 0.05) is 22.3 Å². The number of benzene rings is 1. The van der Waals surface area contributed by atoms with Crippen LogP contribution in [-0.2, 0) is 13.8 Å². The number of carbonyl (C=O) groups excluding carboxylic acids is 1. The van der Waals surface area contributed by atoms with E-state index in [4.69, 9.17) is 15.4 Å². The van der Waals surface area contributed by atoms with Crippen LogP contribution in [0.3, 0.4) is 0 Å². The monoisotopic (exact) mass is 319 g/mol. The Morgan fingerprint density at radius 1 is 1.45 bits per heavy atom. The zero-order valence-corrected chi connectivity index (χ0v) is 13.2. The lowest BCUT2D eigenvalue weighted by Crippen LogP contribution is -2.20. The van der Waals surface area contributed by atoms with Crippen LogP contribution < -0.4 is 10.1 Å². The summed E-state index contributed by atoms with van der Waals surface area (Å²) in [4.78, 5) is 11.7. The first kappa shape index (κ1) is 16.8. The molecule has 1 aromatic carbocycles. The van der Waals surface area contributed by atoms with E-state index in [1.807, 2.05) is 13.8 Å². The first-order valence-electron chi connectivity index (χ1n) is 6.23. The zero-order chi connectivity index (χ0) is 15.3. The molecular weight excluding hydrogens is 302 g/mol. The molecular formula is C13H18ClNO4S. The molecule has 112 valence electrons. The van der Waals surface area contributed by atoms with E-state index >= 15 is 0 Å². The number of rotatable bonds is 6. The molecule has 1 amide bonds. The average Bonchev–Trinajstić information content (AvgIpc) is 2.37. The number of carbonyl (C=O) groups is 1. The van der Waals surface area contributed by atoms with Gasteiger partial charge in [0.15, 0.2) is 0 Å². The molecule has 0 fully saturated rings. The lowest BCUT2D eigenvalue weighted by atomic mass is 10.1. The second-order valence-corrected chi connectivity index (χ2v) is 7.02. The van der Waals surface area contributed by atoms with Crippen molar-refractivity contribution in [3.8, 4) is 5.75 Å². The predicted octanol–water partition coefficient (Wildman–Crippen LogP) is 3.00. The van der Waals surface area contributed by atoms with E-state index in [0.29, 0.717) is 5.69 Å². The maximum absolute atomic E-state index is 11.9. The van der Waals surface area contributed by atoms with Gasteiger partial charge in [0.25, 0.3) is 9.05 Å². The molecule has 5 nitrogen and oxygen atoms in total. The summed E-state index contributed by atoms with van der Waals surface area (Å²) in [5, 5.41) is 2.67. The van der Waals surface area contributed by atoms with E-state index in [1.54, 1.807) is 6.07 Å². The summed E-state index contributed by atoms with van der Waals surface area (Å²) in [6, 6.07) is 4.31. The van der Waals surface area contributed by atoms with Crippen molar-refractivity contribution >= 4 is 31.3 Å². The smallest absolute Gasteiger partial charge is 0.265 e. The second-order valence-electron chi connectivity index (χ2n) is 4.48. The molecule has 0 spiro atoms. The third-order valence-corrected chi connectivity index (χ3v) is 4.21. The average molecular weight is 320 g/mol. The van der Waals surface area contributed by atoms with Crippen molar-refractivity contribution in [2.24, 2.45) is 5.92 Å². The molecule has 0 aromatic heterocycles. The fourth-order valence-corrected chi connectivity index (χ4v) is 2.80. The van der Waals surface area contributed by atoms with E-state index in [0.717, 1.165) is 12.8 Å². The Kier molecular flexibility index (Phi) is 5.83. The van der Waals surface area contributed by atoms with Gasteiger partial charge in [-0.2, -0.15) is 0 Å². The highest BCUT2D eigenvalue weighted by Gasteiger charge is 2.19. The van der Waals surface area contributed by atoms with Crippen LogP contribution in [0, 0.1) is 5.92 Å². The van der Waals surface area contributed by atoms with Crippen LogP contribution in [0.4, 0.5) is 5.69 Å². The Hall–Kier alpha value is -1.27. The third-order valence-electron chi connectivity index (χ3n) is 2.86. The summed E-state index contributed by atoms with van der Waals surface area (Å²) in [6.45, 7) is 3.82. The molecule has 1 atom stereocenters. The van der Waals surface area contributed by atoms with Gasteiger partial charge in [-0.3, -0.25) is 4.79 Å². The van der Waals surface area contributed by atoms with E-state index in [1.165, 1.54) is 19.2 Å². The van der Waals surface area contributed by atoms with Crippen molar-refractivity contribution in [1.29, 1.82) is 0 Å². The molecule has 0 aliphatic rings. The van der Waals surface area contributed by atoms with Crippen molar-refractivity contribution < 1.29 is 17.9 Å². The zero-order valence-electron chi connectivity index (χ0n) is 11.6. The SMILES string of the molecule is CCCC(C)C(=O)Nc1ccc(OC)c(S(=O)(=O)Cl)c1. The molecule has 0 saturated heterocycles. The standard InChI is InChI=1S/C13H18ClNO4S/c1-4-5-9(2)13(16)15-10-6-7-11(19-3)12(8-10)20(14,17)18/h6-9H,4-5H2,1-3H3,(H,15,16). The first-order valence-corrected chi connectivity index (χ1v) is 8.54. The molecule has 1 aromatic rings. The van der Waals surface area contributed by atoms with Gasteiger partial charge in [-0.25, -0.2) is 8.42 Å². The van der Waals surface area contributed by atoms with Crippen molar-refractivity contribution in [3.05, 3.63) is 18.2 Å². The number of hydrogen-bond donors (Lipinski definition) is 1. The fraction of sp³-hybridized carbons (Fsp3) is 0.462. The van der Waals surface area contributed by atoms with Crippen LogP contribution in [0.15, 0.2) is 23.1 Å². The maximum Gasteiger partial charge on any atom is 0.265 e. The summed E-state index contributed by atoms with van der Waals surface area (Å²) in [7, 11) is 2.75. The van der Waals surface area contributed by atoms with Crippen LogP contribution in [0.5, 0.6) is 5.75 Å². The molecule has 0 saturated carbocycles. The molecule has 0 aliphatic carbocycles. The van der Waals surface area contributed by atoms with Crippen LogP contribution in [0.1, 0.15) is 26.7 Å². The predicted molar refractivity (Wildman–Crippen MR) is 78.7 cm³/mol. The number of halogens is 1. The highest BCUT2D eigenvalue weighted by Crippen LogP contribution is 2.29. The van der Waals surface area contributed by atoms with Crippen molar-refractivity contribution in [2.45, 2.75) is 31.6 Å². The van der Waals surface area contributed by atoms with Gasteiger partial charge in [0.05, 0.1) is 7.11 Å². The fourth-order valence-electron chi connectivity index (χ4n) is 1.77. The van der Waals surface area contributed by atoms with Crippen molar-refractivity contribution in [2.75, 3.05) is 12.4 Å². The van der Waals surface area contributed by atoms with Crippen LogP contribution in [-0.4, -0.2) is 21.4 Å². The van der Waals surface area contributed by atoms with Crippen molar-refractivity contribution in [1.82, 2.24) is 0 Å². The lowest BCUT2D eigenvalue weighted by Gasteiger charge is -2.13. The van der Waals surface area contributed by atoms with E-state index in [-0.39, 0.29) is 22.5 Å². The van der Waals surface area contributed by atoms with Crippen LogP contribution in [0.2, 0.25) is 0 Å². The van der Waals surface area contributed by atoms with Crippen LogP contribution >= 0.6 is 10.7 Å². The summed E-state index contributed by atoms with van der Waals surface area (Å²) in [6.07, 6.45) is 1.67. The summed E-state index contributed by atoms with van der Waals surface area (Å²) in [5.74, 6) is -0.160. The van der Waals surface area contributed by atoms with Gasteiger partial charge < -0.3 is 10.1 Å². The Labute approximate surface area is 123 Å². The van der Waals surface area contributed by atoms with Crippen molar-refractivity contribution in [3.63, 3.8) is 0 Å². The van der Waals surface area contributed by atoms with E-state index in [9.17, 15) is 13.2 Å². The van der Waals surface area contributed by atoms with Gasteiger partial charge in [0.1, 0.15) is 10.6 Å². The van der Waals surface area contributed by atoms with E-state index in [2.05, 4.69) is 5.32 Å². The Morgan fingerprint density at radius 2 is 2.10 bits per heavy atom. The Balaban J connectivity index is 3.02. The lowest BCUT2D eigenvalue weighted by molar-refractivity contribution is -0.119. The number of hydrogen-bond acceptors (Lipinski definition) is 4. The molecule has 1 N–H and O–H groups in total. The summed E-state index contributed by atoms with van der Waals surface area (Å²) < 4.78 is 27.9. The minimum Gasteiger partial charge on any atom is -0.495 e. The summed E-state index contributed by atoms with van der Waals surface area (Å²) in [5.41, 5.74) is 0.373. The minimum atomic E-state index is -3.94. The molecule has 7 heteroatoms. The molecule has 0 bridgehead atoms. The highest BCUT2D eigenvalue weighted by molar-refractivity contribution is 8.13. The van der Waals surface area contributed by atoms with Gasteiger partial charge in [-0.15, -0.1) is 0 Å². The van der Waals surface area contributed by atoms with Gasteiger partial charge in [-0.05, 0) is 24.6 Å². The molecule has 0 aliphatic heterocycles. The Bertz CT molecular complexity index is 586. The third kappa shape index (κ3) is 4.38. The number of methoxy groups -OCH3 is 1. The molecule has 0 heterocycles. The normalized spacial score (nSPS) is 12.8. The number of anilines is 1. The number of ether oxygens (including phenoxy) is 1. The largest absolute Gasteiger partial charge is 0.495 e. The van der Waals surface area contributed by atoms with Gasteiger partial charge in [-0.1, -0.05) is 20.3 Å². The topological polar surface area (TPSA) is 72.5 Å². The molecule has 0 radical (unpaired) electrons. The summed E-state index contributed by atoms with van der Waals surface area (Å²) >= 11 is 0. The van der Waals surface area contributed by atoms with Gasteiger partial charge in [0.2, 0.25) is 5.91 Å². The van der Waals surface area contributed by atoms with E-state index < -0.39 is 9.05 Å². The van der Waals surface area contributed by atoms with Crippen LogP contribution in [0.25, 0.3) is 0 Å². The molecule has 1 unspecified atom stereocenters. The number of nitrogens with one attached hydrogen (secondary N) is 1. The minimum absolute atomic E-state index is 0.139. The first-order chi connectivity index (χ1) is 9.29. The highest BCUT2D eigenvalue weighted by atomic mass is 35.7. The maximum atomic E-state index is 11.9. The number of amides is 1. The quantitative estimate of drug-likeness (QED) is 0.818. The molecule has 20 heavy (non-hydrogen) atoms.